The van der Waals surface area contributed by atoms with Gasteiger partial charge in [-0.05, 0) is 42.3 Å². The summed E-state index contributed by atoms with van der Waals surface area (Å²) in [6.07, 6.45) is 5.21. The molecule has 4 heterocycles. The molecule has 2 atom stereocenters. The van der Waals surface area contributed by atoms with Crippen molar-refractivity contribution in [2.75, 3.05) is 29.9 Å². The van der Waals surface area contributed by atoms with Crippen LogP contribution in [0.5, 0.6) is 0 Å². The van der Waals surface area contributed by atoms with Crippen LogP contribution in [0.2, 0.25) is 0 Å². The van der Waals surface area contributed by atoms with Crippen LogP contribution in [0.1, 0.15) is 42.8 Å². The van der Waals surface area contributed by atoms with E-state index in [0.29, 0.717) is 12.0 Å². The van der Waals surface area contributed by atoms with Crippen LogP contribution < -0.4 is 10.2 Å². The van der Waals surface area contributed by atoms with E-state index in [4.69, 9.17) is 0 Å². The Kier molecular flexibility index (Phi) is 5.85. The number of carbonyl (C=O) groups excluding carboxylic acids is 2. The number of amides is 2. The summed E-state index contributed by atoms with van der Waals surface area (Å²) in [7, 11) is 0. The lowest BCUT2D eigenvalue weighted by molar-refractivity contribution is -0.118. The van der Waals surface area contributed by atoms with Crippen molar-refractivity contribution in [2.24, 2.45) is 11.8 Å². The fraction of sp³-hybridized carbons (Fsp3) is 0.500. The second-order valence-electron chi connectivity index (χ2n) is 8.25. The number of nitrogens with zero attached hydrogens (tertiary/aromatic N) is 3. The topological polar surface area (TPSA) is 65.5 Å². The number of hydrogen-bond acceptors (Lipinski definition) is 5. The van der Waals surface area contributed by atoms with Gasteiger partial charge in [-0.15, -0.1) is 11.3 Å². The first kappa shape index (κ1) is 19.9. The van der Waals surface area contributed by atoms with Gasteiger partial charge in [-0.1, -0.05) is 26.3 Å². The second kappa shape index (κ2) is 8.53. The maximum absolute atomic E-state index is 12.8. The van der Waals surface area contributed by atoms with Crippen molar-refractivity contribution in [1.29, 1.82) is 0 Å². The summed E-state index contributed by atoms with van der Waals surface area (Å²) in [4.78, 5) is 34.6. The van der Waals surface area contributed by atoms with Gasteiger partial charge in [-0.3, -0.25) is 9.59 Å². The highest BCUT2D eigenvalue weighted by molar-refractivity contribution is 7.12. The third-order valence-corrected chi connectivity index (χ3v) is 6.74. The predicted molar refractivity (Wildman–Crippen MR) is 116 cm³/mol. The summed E-state index contributed by atoms with van der Waals surface area (Å²) in [6, 6.07) is 8.05. The van der Waals surface area contributed by atoms with Crippen LogP contribution in [0.3, 0.4) is 0 Å². The molecule has 2 saturated heterocycles. The molecule has 4 rings (SSSR count). The van der Waals surface area contributed by atoms with Crippen LogP contribution in [0.4, 0.5) is 11.5 Å². The molecule has 154 valence electrons. The average molecular weight is 413 g/mol. The smallest absolute Gasteiger partial charge is 0.263 e. The molecule has 0 saturated carbocycles. The summed E-state index contributed by atoms with van der Waals surface area (Å²) >= 11 is 1.51. The number of hydrogen-bond donors (Lipinski definition) is 1. The monoisotopic (exact) mass is 412 g/mol. The third kappa shape index (κ3) is 4.29. The molecule has 0 aromatic carbocycles. The molecule has 7 heteroatoms. The summed E-state index contributed by atoms with van der Waals surface area (Å²) in [5, 5.41) is 4.85. The normalized spacial score (nSPS) is 21.8. The van der Waals surface area contributed by atoms with E-state index in [1.807, 2.05) is 48.4 Å². The summed E-state index contributed by atoms with van der Waals surface area (Å²) in [5.74, 6) is 1.48. The minimum absolute atomic E-state index is 0.00656. The molecule has 2 aliphatic heterocycles. The van der Waals surface area contributed by atoms with Crippen LogP contribution in [0, 0.1) is 11.8 Å². The number of fused-ring (bicyclic) bond motifs is 1. The number of pyridine rings is 1. The van der Waals surface area contributed by atoms with Gasteiger partial charge >= 0.3 is 0 Å². The number of thiophene rings is 1. The molecule has 29 heavy (non-hydrogen) atoms. The van der Waals surface area contributed by atoms with E-state index in [0.717, 1.165) is 48.9 Å². The standard InChI is InChI=1S/C22H28N4O2S/c1-15(2)21(27)24-17-8-9-20(23-12-17)26-10-4-3-6-16-13-25(14-18(16)26)22(28)19-7-5-11-29-19/h5,7-9,11-12,15-16,18H,3-4,6,10,13-14H2,1-2H3,(H,24,27)/t16-,18+/m1/s1. The Balaban J connectivity index is 1.49. The maximum atomic E-state index is 12.8. The number of carbonyl (C=O) groups is 2. The van der Waals surface area contributed by atoms with Crippen LogP contribution in [0.25, 0.3) is 0 Å². The van der Waals surface area contributed by atoms with Crippen LogP contribution in [-0.4, -0.2) is 47.4 Å². The summed E-state index contributed by atoms with van der Waals surface area (Å²) in [6.45, 7) is 6.26. The lowest BCUT2D eigenvalue weighted by atomic mass is 9.98. The van der Waals surface area contributed by atoms with Gasteiger partial charge in [0.1, 0.15) is 5.82 Å². The zero-order chi connectivity index (χ0) is 20.4. The SMILES string of the molecule is CC(C)C(=O)Nc1ccc(N2CCCC[C@@H]3CN(C(=O)c4cccs4)C[C@@H]32)nc1. The fourth-order valence-electron chi connectivity index (χ4n) is 4.27. The van der Waals surface area contributed by atoms with E-state index in [-0.39, 0.29) is 17.7 Å². The lowest BCUT2D eigenvalue weighted by Crippen LogP contribution is -2.41. The van der Waals surface area contributed by atoms with Crippen molar-refractivity contribution in [3.63, 3.8) is 0 Å². The van der Waals surface area contributed by atoms with Gasteiger partial charge < -0.3 is 15.1 Å². The van der Waals surface area contributed by atoms with Crippen molar-refractivity contribution in [3.8, 4) is 0 Å². The minimum atomic E-state index is -0.0635. The van der Waals surface area contributed by atoms with Gasteiger partial charge in [0.15, 0.2) is 0 Å². The maximum Gasteiger partial charge on any atom is 0.263 e. The highest BCUT2D eigenvalue weighted by Crippen LogP contribution is 2.33. The zero-order valence-electron chi connectivity index (χ0n) is 17.0. The van der Waals surface area contributed by atoms with Gasteiger partial charge in [0.05, 0.1) is 22.8 Å². The molecule has 0 radical (unpaired) electrons. The number of likely N-dealkylation sites (tertiary alicyclic amines) is 1. The number of rotatable bonds is 4. The Morgan fingerprint density at radius 2 is 2.07 bits per heavy atom. The Labute approximate surface area is 175 Å². The Bertz CT molecular complexity index is 850. The highest BCUT2D eigenvalue weighted by Gasteiger charge is 2.40. The molecule has 6 nitrogen and oxygen atoms in total. The van der Waals surface area contributed by atoms with E-state index >= 15 is 0 Å². The molecule has 2 aromatic rings. The molecule has 2 aromatic heterocycles. The average Bonchev–Trinajstić information content (AvgIpc) is 3.35. The Hall–Kier alpha value is -2.41. The van der Waals surface area contributed by atoms with Crippen molar-refractivity contribution in [1.82, 2.24) is 9.88 Å². The quantitative estimate of drug-likeness (QED) is 0.828. The first-order chi connectivity index (χ1) is 14.0. The highest BCUT2D eigenvalue weighted by atomic mass is 32.1. The number of nitrogens with one attached hydrogen (secondary N) is 1. The minimum Gasteiger partial charge on any atom is -0.352 e. The molecule has 0 bridgehead atoms. The van der Waals surface area contributed by atoms with Gasteiger partial charge in [-0.25, -0.2) is 4.98 Å². The molecule has 2 fully saturated rings. The summed E-state index contributed by atoms with van der Waals surface area (Å²) < 4.78 is 0. The second-order valence-corrected chi connectivity index (χ2v) is 9.20. The molecule has 1 N–H and O–H groups in total. The van der Waals surface area contributed by atoms with Crippen LogP contribution in [0.15, 0.2) is 35.8 Å². The van der Waals surface area contributed by atoms with E-state index in [9.17, 15) is 9.59 Å². The van der Waals surface area contributed by atoms with Gasteiger partial charge in [0.2, 0.25) is 5.91 Å². The zero-order valence-corrected chi connectivity index (χ0v) is 17.8. The van der Waals surface area contributed by atoms with E-state index in [2.05, 4.69) is 15.2 Å². The molecular weight excluding hydrogens is 384 g/mol. The van der Waals surface area contributed by atoms with E-state index in [1.165, 1.54) is 17.8 Å². The molecule has 0 unspecified atom stereocenters. The number of anilines is 2. The van der Waals surface area contributed by atoms with Crippen molar-refractivity contribution >= 4 is 34.7 Å². The molecule has 0 spiro atoms. The van der Waals surface area contributed by atoms with Crippen molar-refractivity contribution in [3.05, 3.63) is 40.7 Å². The third-order valence-electron chi connectivity index (χ3n) is 5.88. The molecular formula is C22H28N4O2S. The van der Waals surface area contributed by atoms with E-state index < -0.39 is 0 Å². The van der Waals surface area contributed by atoms with E-state index in [1.54, 1.807) is 6.20 Å². The lowest BCUT2D eigenvalue weighted by Gasteiger charge is -2.31. The van der Waals surface area contributed by atoms with Crippen LogP contribution >= 0.6 is 11.3 Å². The largest absolute Gasteiger partial charge is 0.352 e. The molecule has 2 amide bonds. The van der Waals surface area contributed by atoms with Crippen LogP contribution in [-0.2, 0) is 4.79 Å². The van der Waals surface area contributed by atoms with Gasteiger partial charge in [-0.2, -0.15) is 0 Å². The summed E-state index contributed by atoms with van der Waals surface area (Å²) in [5.41, 5.74) is 0.722. The van der Waals surface area contributed by atoms with Crippen molar-refractivity contribution < 1.29 is 9.59 Å². The van der Waals surface area contributed by atoms with Gasteiger partial charge in [0, 0.05) is 25.6 Å². The Morgan fingerprint density at radius 1 is 1.21 bits per heavy atom. The molecule has 2 aliphatic rings. The first-order valence-electron chi connectivity index (χ1n) is 10.4. The predicted octanol–water partition coefficient (Wildman–Crippen LogP) is 3.87. The van der Waals surface area contributed by atoms with Gasteiger partial charge in [0.25, 0.3) is 5.91 Å². The van der Waals surface area contributed by atoms with Crippen molar-refractivity contribution in [2.45, 2.75) is 39.2 Å². The number of aromatic nitrogens is 1. The molecule has 0 aliphatic carbocycles. The fourth-order valence-corrected chi connectivity index (χ4v) is 4.96. The Morgan fingerprint density at radius 3 is 2.76 bits per heavy atom. The first-order valence-corrected chi connectivity index (χ1v) is 11.3.